The van der Waals surface area contributed by atoms with Crippen LogP contribution >= 0.6 is 11.6 Å². The number of fused-ring (bicyclic) bond motifs is 1. The van der Waals surface area contributed by atoms with Crippen molar-refractivity contribution in [1.29, 1.82) is 0 Å². The number of ether oxygens (including phenoxy) is 1. The highest BCUT2D eigenvalue weighted by molar-refractivity contribution is 6.31. The number of benzene rings is 1. The summed E-state index contributed by atoms with van der Waals surface area (Å²) in [4.78, 5) is 32.6. The second kappa shape index (κ2) is 8.58. The van der Waals surface area contributed by atoms with Gasteiger partial charge in [-0.05, 0) is 35.6 Å². The van der Waals surface area contributed by atoms with Gasteiger partial charge in [0.2, 0.25) is 5.91 Å². The summed E-state index contributed by atoms with van der Waals surface area (Å²) in [6.45, 7) is 9.73. The standard InChI is InChI=1S/C25H28ClN3O3/c1-5-10-32-16-6-7-17(18(26)11-16)24-23-19(12-25(3,4)13-22(23)31)28-20-14-27-9-8-21(20)29(24)15(2)30/h5-9,11,14,20-21,24,28H,1,10,12-13H2,2-4H3. The van der Waals surface area contributed by atoms with Gasteiger partial charge in [-0.25, -0.2) is 0 Å². The van der Waals surface area contributed by atoms with Crippen molar-refractivity contribution in [1.82, 2.24) is 10.2 Å². The van der Waals surface area contributed by atoms with Crippen LogP contribution < -0.4 is 10.1 Å². The summed E-state index contributed by atoms with van der Waals surface area (Å²) < 4.78 is 5.62. The molecule has 0 spiro atoms. The first-order valence-corrected chi connectivity index (χ1v) is 11.1. The highest BCUT2D eigenvalue weighted by Crippen LogP contribution is 2.46. The zero-order valence-electron chi connectivity index (χ0n) is 18.6. The van der Waals surface area contributed by atoms with Crippen LogP contribution in [0.25, 0.3) is 0 Å². The largest absolute Gasteiger partial charge is 0.490 e. The molecule has 0 radical (unpaired) electrons. The third-order valence-corrected chi connectivity index (χ3v) is 6.44. The minimum Gasteiger partial charge on any atom is -0.490 e. The first-order chi connectivity index (χ1) is 15.2. The maximum atomic E-state index is 13.5. The topological polar surface area (TPSA) is 71.0 Å². The lowest BCUT2D eigenvalue weighted by Gasteiger charge is -2.39. The molecule has 3 atom stereocenters. The van der Waals surface area contributed by atoms with Gasteiger partial charge in [0.25, 0.3) is 0 Å². The van der Waals surface area contributed by atoms with Crippen LogP contribution in [0.15, 0.2) is 59.4 Å². The van der Waals surface area contributed by atoms with Crippen molar-refractivity contribution in [3.8, 4) is 5.75 Å². The number of aliphatic imine (C=N–C) groups is 1. The molecular formula is C25H28ClN3O3. The van der Waals surface area contributed by atoms with Gasteiger partial charge < -0.3 is 15.0 Å². The van der Waals surface area contributed by atoms with E-state index in [9.17, 15) is 9.59 Å². The van der Waals surface area contributed by atoms with E-state index >= 15 is 0 Å². The summed E-state index contributed by atoms with van der Waals surface area (Å²) in [5.74, 6) is 0.497. The van der Waals surface area contributed by atoms with Crippen LogP contribution in [-0.4, -0.2) is 41.5 Å². The zero-order valence-corrected chi connectivity index (χ0v) is 19.4. The fourth-order valence-corrected chi connectivity index (χ4v) is 5.12. The average Bonchev–Trinajstić information content (AvgIpc) is 2.85. The zero-order chi connectivity index (χ0) is 23.0. The van der Waals surface area contributed by atoms with E-state index in [1.54, 1.807) is 29.5 Å². The van der Waals surface area contributed by atoms with Crippen LogP contribution in [0.5, 0.6) is 5.75 Å². The lowest BCUT2D eigenvalue weighted by molar-refractivity contribution is -0.132. The van der Waals surface area contributed by atoms with Crippen molar-refractivity contribution in [2.75, 3.05) is 6.61 Å². The Morgan fingerprint density at radius 3 is 2.88 bits per heavy atom. The molecule has 1 aromatic rings. The van der Waals surface area contributed by atoms with Crippen molar-refractivity contribution in [3.63, 3.8) is 0 Å². The predicted octanol–water partition coefficient (Wildman–Crippen LogP) is 4.38. The number of nitrogens with one attached hydrogen (secondary N) is 1. The fourth-order valence-electron chi connectivity index (χ4n) is 4.84. The number of hydrogen-bond donors (Lipinski definition) is 1. The highest BCUT2D eigenvalue weighted by Gasteiger charge is 2.46. The molecular weight excluding hydrogens is 426 g/mol. The van der Waals surface area contributed by atoms with E-state index in [-0.39, 0.29) is 29.2 Å². The Hall–Kier alpha value is -2.86. The molecule has 6 nitrogen and oxygen atoms in total. The molecule has 168 valence electrons. The smallest absolute Gasteiger partial charge is 0.220 e. The van der Waals surface area contributed by atoms with Gasteiger partial charge in [-0.15, -0.1) is 0 Å². The van der Waals surface area contributed by atoms with E-state index in [4.69, 9.17) is 16.3 Å². The third-order valence-electron chi connectivity index (χ3n) is 6.12. The van der Waals surface area contributed by atoms with Crippen molar-refractivity contribution in [2.24, 2.45) is 10.4 Å². The Morgan fingerprint density at radius 1 is 1.41 bits per heavy atom. The normalized spacial score (nSPS) is 26.1. The number of allylic oxidation sites excluding steroid dienone is 1. The maximum Gasteiger partial charge on any atom is 0.220 e. The number of carbonyl (C=O) groups excluding carboxylic acids is 2. The number of ketones is 1. The first kappa shape index (κ1) is 22.3. The lowest BCUT2D eigenvalue weighted by atomic mass is 9.73. The molecule has 4 rings (SSSR count). The van der Waals surface area contributed by atoms with Gasteiger partial charge in [0.15, 0.2) is 5.78 Å². The summed E-state index contributed by atoms with van der Waals surface area (Å²) >= 11 is 6.73. The average molecular weight is 454 g/mol. The minimum absolute atomic E-state index is 0.0302. The van der Waals surface area contributed by atoms with Crippen LogP contribution in [-0.2, 0) is 9.59 Å². The molecule has 7 heteroatoms. The molecule has 0 bridgehead atoms. The first-order valence-electron chi connectivity index (χ1n) is 10.8. The van der Waals surface area contributed by atoms with Crippen LogP contribution in [0.3, 0.4) is 0 Å². The van der Waals surface area contributed by atoms with Gasteiger partial charge in [0.1, 0.15) is 12.4 Å². The molecule has 3 aliphatic rings. The number of nitrogens with zero attached hydrogens (tertiary/aromatic N) is 2. The summed E-state index contributed by atoms with van der Waals surface area (Å²) in [5, 5.41) is 3.98. The molecule has 2 aliphatic heterocycles. The molecule has 1 amide bonds. The summed E-state index contributed by atoms with van der Waals surface area (Å²) in [6.07, 6.45) is 8.16. The maximum absolute atomic E-state index is 13.5. The third kappa shape index (κ3) is 4.11. The Kier molecular flexibility index (Phi) is 5.99. The molecule has 3 unspecified atom stereocenters. The molecule has 1 N–H and O–H groups in total. The van der Waals surface area contributed by atoms with Gasteiger partial charge in [-0.1, -0.05) is 44.2 Å². The fraction of sp³-hybridized carbons (Fsp3) is 0.400. The monoisotopic (exact) mass is 453 g/mol. The quantitative estimate of drug-likeness (QED) is 0.687. The van der Waals surface area contributed by atoms with Crippen LogP contribution in [0.4, 0.5) is 0 Å². The molecule has 1 aromatic carbocycles. The SMILES string of the molecule is C=CCOc1ccc(C2C3=C(CC(C)(C)CC3=O)NC3C=NC=CC3N2C(C)=O)c(Cl)c1. The van der Waals surface area contributed by atoms with Gasteiger partial charge in [-0.2, -0.15) is 0 Å². The Labute approximate surface area is 193 Å². The van der Waals surface area contributed by atoms with E-state index in [0.29, 0.717) is 41.4 Å². The number of halogens is 1. The van der Waals surface area contributed by atoms with Gasteiger partial charge in [0.05, 0.1) is 18.1 Å². The molecule has 0 saturated heterocycles. The van der Waals surface area contributed by atoms with E-state index in [2.05, 4.69) is 30.7 Å². The van der Waals surface area contributed by atoms with Crippen molar-refractivity contribution >= 4 is 29.5 Å². The predicted molar refractivity (Wildman–Crippen MR) is 126 cm³/mol. The summed E-state index contributed by atoms with van der Waals surface area (Å²) in [6, 6.07) is 4.25. The van der Waals surface area contributed by atoms with Crippen LogP contribution in [0, 0.1) is 5.41 Å². The second-order valence-corrected chi connectivity index (χ2v) is 9.65. The van der Waals surface area contributed by atoms with Gasteiger partial charge in [0, 0.05) is 42.1 Å². The number of rotatable bonds is 4. The van der Waals surface area contributed by atoms with E-state index < -0.39 is 6.04 Å². The van der Waals surface area contributed by atoms with E-state index in [1.165, 1.54) is 6.92 Å². The summed E-state index contributed by atoms with van der Waals surface area (Å²) in [7, 11) is 0. The van der Waals surface area contributed by atoms with E-state index in [1.807, 2.05) is 18.2 Å². The molecule has 0 saturated carbocycles. The highest BCUT2D eigenvalue weighted by atomic mass is 35.5. The Bertz CT molecular complexity index is 1060. The molecule has 2 heterocycles. The number of carbonyl (C=O) groups is 2. The van der Waals surface area contributed by atoms with Crippen LogP contribution in [0.2, 0.25) is 5.02 Å². The second-order valence-electron chi connectivity index (χ2n) is 9.25. The van der Waals surface area contributed by atoms with Gasteiger partial charge >= 0.3 is 0 Å². The molecule has 1 aliphatic carbocycles. The van der Waals surface area contributed by atoms with Crippen LogP contribution in [0.1, 0.15) is 45.2 Å². The molecule has 0 fully saturated rings. The molecule has 0 aromatic heterocycles. The molecule has 32 heavy (non-hydrogen) atoms. The minimum atomic E-state index is -0.606. The van der Waals surface area contributed by atoms with E-state index in [0.717, 1.165) is 5.70 Å². The lowest BCUT2D eigenvalue weighted by Crippen LogP contribution is -2.51. The Morgan fingerprint density at radius 2 is 2.19 bits per heavy atom. The number of hydrogen-bond acceptors (Lipinski definition) is 5. The summed E-state index contributed by atoms with van der Waals surface area (Å²) in [5.41, 5.74) is 1.99. The van der Waals surface area contributed by atoms with Crippen molar-refractivity contribution in [2.45, 2.75) is 51.7 Å². The number of Topliss-reactive ketones (excluding diaryl/α,β-unsaturated/α-hetero) is 1. The van der Waals surface area contributed by atoms with Crippen molar-refractivity contribution in [3.05, 3.63) is 65.0 Å². The van der Waals surface area contributed by atoms with Crippen molar-refractivity contribution < 1.29 is 14.3 Å². The Balaban J connectivity index is 1.90. The van der Waals surface area contributed by atoms with Gasteiger partial charge in [-0.3, -0.25) is 14.6 Å². The number of amides is 1.